The number of carbonyl (C=O) groups excluding carboxylic acids is 2. The van der Waals surface area contributed by atoms with Crippen molar-refractivity contribution in [2.24, 2.45) is 0 Å². The van der Waals surface area contributed by atoms with Crippen molar-refractivity contribution >= 4 is 52.2 Å². The molecule has 10 heteroatoms. The van der Waals surface area contributed by atoms with Crippen LogP contribution in [-0.4, -0.2) is 28.8 Å². The highest BCUT2D eigenvalue weighted by atomic mass is 35.5. The minimum atomic E-state index is -1.19. The van der Waals surface area contributed by atoms with Crippen molar-refractivity contribution in [3.8, 4) is 5.75 Å². The van der Waals surface area contributed by atoms with Crippen LogP contribution >= 0.6 is 34.7 Å². The Morgan fingerprint density at radius 3 is 2.46 bits per heavy atom. The van der Waals surface area contributed by atoms with Gasteiger partial charge in [0.1, 0.15) is 27.0 Å². The Morgan fingerprint density at radius 1 is 1.17 bits per heavy atom. The largest absolute Gasteiger partial charge is 0.494 e. The molecule has 0 unspecified atom stereocenters. The maximum Gasteiger partial charge on any atom is 0.280 e. The van der Waals surface area contributed by atoms with E-state index < -0.39 is 23.7 Å². The first kappa shape index (κ1) is 25.4. The number of hydrogen-bond donors (Lipinski definition) is 1. The highest BCUT2D eigenvalue weighted by Gasteiger charge is 2.38. The smallest absolute Gasteiger partial charge is 0.280 e. The predicted molar refractivity (Wildman–Crippen MR) is 136 cm³/mol. The number of aromatic nitrogens is 1. The van der Waals surface area contributed by atoms with Crippen LogP contribution in [0.5, 0.6) is 5.75 Å². The van der Waals surface area contributed by atoms with Gasteiger partial charge in [-0.25, -0.2) is 4.39 Å². The Morgan fingerprint density at radius 2 is 1.86 bits per heavy atom. The topological polar surface area (TPSA) is 71.5 Å². The van der Waals surface area contributed by atoms with Gasteiger partial charge >= 0.3 is 0 Å². The van der Waals surface area contributed by atoms with Gasteiger partial charge in [-0.1, -0.05) is 60.3 Å². The molecule has 1 fully saturated rings. The highest BCUT2D eigenvalue weighted by molar-refractivity contribution is 7.11. The van der Waals surface area contributed by atoms with Crippen molar-refractivity contribution in [2.75, 3.05) is 11.5 Å². The number of hydrogen-bond acceptors (Lipinski definition) is 5. The molecule has 2 amide bonds. The van der Waals surface area contributed by atoms with E-state index in [9.17, 15) is 9.59 Å². The third-order valence-electron chi connectivity index (χ3n) is 5.85. The summed E-state index contributed by atoms with van der Waals surface area (Å²) in [5, 5.41) is 3.01. The van der Waals surface area contributed by atoms with Crippen LogP contribution in [0.25, 0.3) is 0 Å². The second-order valence-corrected chi connectivity index (χ2v) is 9.89. The summed E-state index contributed by atoms with van der Waals surface area (Å²) >= 11 is 13.2. The normalized spacial score (nSPS) is 14.5. The maximum atomic E-state index is 15.1. The summed E-state index contributed by atoms with van der Waals surface area (Å²) in [7, 11) is 0. The molecule has 6 nitrogen and oxygen atoms in total. The quantitative estimate of drug-likeness (QED) is 0.360. The lowest BCUT2D eigenvalue weighted by molar-refractivity contribution is -0.123. The molecule has 1 aliphatic rings. The molecule has 0 bridgehead atoms. The van der Waals surface area contributed by atoms with Crippen molar-refractivity contribution in [1.82, 2.24) is 9.69 Å². The summed E-state index contributed by atoms with van der Waals surface area (Å²) in [6.07, 6.45) is 3.73. The molecule has 0 spiro atoms. The van der Waals surface area contributed by atoms with Gasteiger partial charge in [-0.2, -0.15) is 4.37 Å². The fourth-order valence-electron chi connectivity index (χ4n) is 4.20. The van der Waals surface area contributed by atoms with E-state index in [1.165, 1.54) is 18.2 Å². The molecule has 35 heavy (non-hydrogen) atoms. The van der Waals surface area contributed by atoms with Crippen LogP contribution in [0.4, 0.5) is 10.1 Å². The van der Waals surface area contributed by atoms with Gasteiger partial charge in [-0.15, -0.1) is 0 Å². The first-order chi connectivity index (χ1) is 16.9. The molecule has 2 aromatic carbocycles. The Balaban J connectivity index is 1.84. The molecule has 1 aromatic heterocycles. The van der Waals surface area contributed by atoms with Gasteiger partial charge in [0.2, 0.25) is 5.91 Å². The second-order valence-electron chi connectivity index (χ2n) is 8.14. The van der Waals surface area contributed by atoms with E-state index in [2.05, 4.69) is 9.69 Å². The van der Waals surface area contributed by atoms with Gasteiger partial charge in [-0.05, 0) is 61.1 Å². The molecule has 3 aromatic rings. The summed E-state index contributed by atoms with van der Waals surface area (Å²) in [5.41, 5.74) is 0.269. The molecule has 1 saturated carbocycles. The van der Waals surface area contributed by atoms with Crippen LogP contribution in [-0.2, 0) is 4.79 Å². The van der Waals surface area contributed by atoms with Crippen LogP contribution in [0.3, 0.4) is 0 Å². The number of halogens is 3. The molecular weight excluding hydrogens is 512 g/mol. The summed E-state index contributed by atoms with van der Waals surface area (Å²) < 4.78 is 24.9. The lowest BCUT2D eigenvalue weighted by Crippen LogP contribution is -2.46. The first-order valence-electron chi connectivity index (χ1n) is 11.3. The average molecular weight is 536 g/mol. The standard InChI is InChI=1S/C25H24Cl2FN3O3S/c1-2-34-17-13-11-15(12-14-17)22(24(32)29-16-7-3-4-8-16)31(19-10-6-5-9-18(19)28)25(33)21-20(26)23(27)35-30-21/h5-6,9-14,16,22H,2-4,7-8H2,1H3,(H,29,32)/t22-/m0/s1. The zero-order valence-corrected chi connectivity index (χ0v) is 21.3. The van der Waals surface area contributed by atoms with E-state index in [0.29, 0.717) is 17.9 Å². The summed E-state index contributed by atoms with van der Waals surface area (Å²) in [6.45, 7) is 2.35. The highest BCUT2D eigenvalue weighted by Crippen LogP contribution is 2.36. The first-order valence-corrected chi connectivity index (χ1v) is 12.9. The number of nitrogens with zero attached hydrogens (tertiary/aromatic N) is 2. The van der Waals surface area contributed by atoms with Crippen LogP contribution in [0, 0.1) is 5.82 Å². The van der Waals surface area contributed by atoms with E-state index in [-0.39, 0.29) is 26.8 Å². The lowest BCUT2D eigenvalue weighted by Gasteiger charge is -2.32. The van der Waals surface area contributed by atoms with Gasteiger partial charge < -0.3 is 10.1 Å². The van der Waals surface area contributed by atoms with E-state index in [0.717, 1.165) is 42.1 Å². The number of ether oxygens (including phenoxy) is 1. The molecule has 1 heterocycles. The molecule has 0 aliphatic heterocycles. The Kier molecular flexibility index (Phi) is 8.26. The Labute approximate surface area is 217 Å². The van der Waals surface area contributed by atoms with Crippen molar-refractivity contribution in [1.29, 1.82) is 0 Å². The Hall–Kier alpha value is -2.68. The zero-order chi connectivity index (χ0) is 24.9. The zero-order valence-electron chi connectivity index (χ0n) is 19.0. The number of anilines is 1. The monoisotopic (exact) mass is 535 g/mol. The van der Waals surface area contributed by atoms with E-state index in [4.69, 9.17) is 27.9 Å². The molecule has 184 valence electrons. The van der Waals surface area contributed by atoms with Gasteiger partial charge in [0.25, 0.3) is 5.91 Å². The van der Waals surface area contributed by atoms with E-state index in [1.54, 1.807) is 30.3 Å². The van der Waals surface area contributed by atoms with Gasteiger partial charge in [-0.3, -0.25) is 14.5 Å². The number of rotatable bonds is 8. The predicted octanol–water partition coefficient (Wildman–Crippen LogP) is 6.43. The van der Waals surface area contributed by atoms with Crippen LogP contribution in [0.15, 0.2) is 48.5 Å². The minimum absolute atomic E-state index is 0.0115. The SMILES string of the molecule is CCOc1ccc([C@@H](C(=O)NC2CCCC2)N(C(=O)c2nsc(Cl)c2Cl)c2ccccc2F)cc1. The molecule has 4 rings (SSSR count). The van der Waals surface area contributed by atoms with Crippen molar-refractivity contribution in [3.63, 3.8) is 0 Å². The fourth-order valence-corrected chi connectivity index (χ4v) is 5.19. The summed E-state index contributed by atoms with van der Waals surface area (Å²) in [5.74, 6) is -1.20. The molecule has 0 radical (unpaired) electrons. The third kappa shape index (κ3) is 5.60. The van der Waals surface area contributed by atoms with Crippen LogP contribution < -0.4 is 15.0 Å². The summed E-state index contributed by atoms with van der Waals surface area (Å²) in [4.78, 5) is 28.6. The summed E-state index contributed by atoms with van der Waals surface area (Å²) in [6, 6.07) is 11.4. The van der Waals surface area contributed by atoms with Gasteiger partial charge in [0.15, 0.2) is 5.69 Å². The third-order valence-corrected chi connectivity index (χ3v) is 7.46. The number of benzene rings is 2. The molecule has 1 aliphatic carbocycles. The number of amides is 2. The molecular formula is C25H24Cl2FN3O3S. The molecule has 1 atom stereocenters. The van der Waals surface area contributed by atoms with Crippen molar-refractivity contribution in [3.05, 3.63) is 75.0 Å². The average Bonchev–Trinajstić information content (AvgIpc) is 3.48. The maximum absolute atomic E-state index is 15.1. The van der Waals surface area contributed by atoms with Crippen LogP contribution in [0.1, 0.15) is 54.7 Å². The van der Waals surface area contributed by atoms with E-state index >= 15 is 4.39 Å². The molecule has 1 N–H and O–H groups in total. The van der Waals surface area contributed by atoms with Crippen LogP contribution in [0.2, 0.25) is 9.36 Å². The Bertz CT molecular complexity index is 1200. The van der Waals surface area contributed by atoms with E-state index in [1.807, 2.05) is 6.92 Å². The van der Waals surface area contributed by atoms with Gasteiger partial charge in [0.05, 0.1) is 12.3 Å². The number of para-hydroxylation sites is 1. The van der Waals surface area contributed by atoms with Crippen molar-refractivity contribution < 1.29 is 18.7 Å². The van der Waals surface area contributed by atoms with Gasteiger partial charge in [0, 0.05) is 6.04 Å². The number of nitrogens with one attached hydrogen (secondary N) is 1. The lowest BCUT2D eigenvalue weighted by atomic mass is 10.0. The minimum Gasteiger partial charge on any atom is -0.494 e. The second kappa shape index (κ2) is 11.4. The number of carbonyl (C=O) groups is 2. The fraction of sp³-hybridized carbons (Fsp3) is 0.320. The molecule has 0 saturated heterocycles. The van der Waals surface area contributed by atoms with Crippen molar-refractivity contribution in [2.45, 2.75) is 44.7 Å².